The van der Waals surface area contributed by atoms with Gasteiger partial charge in [0.25, 0.3) is 0 Å². The van der Waals surface area contributed by atoms with Crippen molar-refractivity contribution in [3.05, 3.63) is 53.9 Å². The van der Waals surface area contributed by atoms with Crippen molar-refractivity contribution in [2.24, 2.45) is 0 Å². The number of aromatic amines is 1. The highest BCUT2D eigenvalue weighted by Crippen LogP contribution is 2.21. The smallest absolute Gasteiger partial charge is 0.223 e. The number of hydrogen-bond acceptors (Lipinski definition) is 5. The summed E-state index contributed by atoms with van der Waals surface area (Å²) in [4.78, 5) is 14.2. The summed E-state index contributed by atoms with van der Waals surface area (Å²) in [5, 5.41) is 24.0. The molecule has 2 atom stereocenters. The third-order valence-corrected chi connectivity index (χ3v) is 5.17. The van der Waals surface area contributed by atoms with Crippen molar-refractivity contribution in [3.63, 3.8) is 0 Å². The molecule has 1 fully saturated rings. The second-order valence-electron chi connectivity index (χ2n) is 7.35. The van der Waals surface area contributed by atoms with Gasteiger partial charge in [0, 0.05) is 25.8 Å². The Morgan fingerprint density at radius 2 is 2.04 bits per heavy atom. The van der Waals surface area contributed by atoms with Crippen molar-refractivity contribution in [2.75, 3.05) is 6.54 Å². The van der Waals surface area contributed by atoms with Crippen molar-refractivity contribution < 1.29 is 9.90 Å². The van der Waals surface area contributed by atoms with E-state index in [1.165, 1.54) is 0 Å². The van der Waals surface area contributed by atoms with Crippen LogP contribution < -0.4 is 0 Å². The molecule has 0 unspecified atom stereocenters. The Balaban J connectivity index is 1.37. The summed E-state index contributed by atoms with van der Waals surface area (Å²) in [6, 6.07) is 10.1. The number of aromatic nitrogens is 4. The highest BCUT2D eigenvalue weighted by atomic mass is 16.3. The SMILES string of the molecule is O=C1CC[C@H](C=C[C@@H](O)Cc2ccccc2)N1CCCCCCc1nnn[nH]1. The number of H-pyrrole nitrogens is 1. The van der Waals surface area contributed by atoms with Crippen LogP contribution in [0.5, 0.6) is 0 Å². The first-order valence-corrected chi connectivity index (χ1v) is 10.1. The van der Waals surface area contributed by atoms with Crippen LogP contribution in [0.25, 0.3) is 0 Å². The molecule has 1 aromatic carbocycles. The molecular formula is C21H29N5O2. The fourth-order valence-electron chi connectivity index (χ4n) is 3.64. The van der Waals surface area contributed by atoms with Gasteiger partial charge in [-0.25, -0.2) is 5.10 Å². The molecule has 1 aliphatic rings. The number of hydrogen-bond donors (Lipinski definition) is 2. The largest absolute Gasteiger partial charge is 0.389 e. The van der Waals surface area contributed by atoms with Gasteiger partial charge in [-0.2, -0.15) is 0 Å². The molecule has 2 aromatic rings. The Bertz CT molecular complexity index is 733. The van der Waals surface area contributed by atoms with Crippen LogP contribution in [-0.4, -0.2) is 55.2 Å². The molecule has 2 N–H and O–H groups in total. The Labute approximate surface area is 165 Å². The standard InChI is InChI=1S/C21H29N5O2/c27-19(16-17-8-4-3-5-9-17)13-11-18-12-14-21(28)26(18)15-7-2-1-6-10-20-22-24-25-23-20/h3-5,8-9,11,13,18-19,27H,1-2,6-7,10,12,14-16H2,(H,22,23,24,25)/t18-,19+/m0/s1. The molecular weight excluding hydrogens is 354 g/mol. The summed E-state index contributed by atoms with van der Waals surface area (Å²) < 4.78 is 0. The fourth-order valence-corrected chi connectivity index (χ4v) is 3.64. The van der Waals surface area contributed by atoms with E-state index in [9.17, 15) is 9.90 Å². The minimum Gasteiger partial charge on any atom is -0.389 e. The van der Waals surface area contributed by atoms with Crippen molar-refractivity contribution in [2.45, 2.75) is 63.5 Å². The zero-order chi connectivity index (χ0) is 19.6. The molecule has 1 aliphatic heterocycles. The molecule has 7 nitrogen and oxygen atoms in total. The number of carbonyl (C=O) groups excluding carboxylic acids is 1. The predicted molar refractivity (Wildman–Crippen MR) is 106 cm³/mol. The molecule has 1 saturated heterocycles. The van der Waals surface area contributed by atoms with Crippen molar-refractivity contribution in [3.8, 4) is 0 Å². The average molecular weight is 383 g/mol. The molecule has 0 radical (unpaired) electrons. The van der Waals surface area contributed by atoms with E-state index in [1.807, 2.05) is 47.4 Å². The zero-order valence-corrected chi connectivity index (χ0v) is 16.2. The van der Waals surface area contributed by atoms with Gasteiger partial charge >= 0.3 is 0 Å². The van der Waals surface area contributed by atoms with Crippen LogP contribution in [0, 0.1) is 0 Å². The van der Waals surface area contributed by atoms with E-state index >= 15 is 0 Å². The second-order valence-corrected chi connectivity index (χ2v) is 7.35. The number of amides is 1. The van der Waals surface area contributed by atoms with E-state index in [0.29, 0.717) is 12.8 Å². The number of nitrogens with one attached hydrogen (secondary N) is 1. The van der Waals surface area contributed by atoms with Crippen LogP contribution >= 0.6 is 0 Å². The summed E-state index contributed by atoms with van der Waals surface area (Å²) in [5.74, 6) is 1.05. The third kappa shape index (κ3) is 6.27. The van der Waals surface area contributed by atoms with Crippen LogP contribution in [0.2, 0.25) is 0 Å². The maximum absolute atomic E-state index is 12.2. The number of unbranched alkanes of at least 4 members (excludes halogenated alkanes) is 3. The first kappa shape index (κ1) is 20.2. The molecule has 0 saturated carbocycles. The van der Waals surface area contributed by atoms with Gasteiger partial charge < -0.3 is 10.0 Å². The van der Waals surface area contributed by atoms with Gasteiger partial charge in [0.2, 0.25) is 5.91 Å². The minimum absolute atomic E-state index is 0.109. The number of benzene rings is 1. The quantitative estimate of drug-likeness (QED) is 0.459. The number of aliphatic hydroxyl groups is 1. The second kappa shape index (κ2) is 10.7. The lowest BCUT2D eigenvalue weighted by atomic mass is 10.1. The molecule has 28 heavy (non-hydrogen) atoms. The van der Waals surface area contributed by atoms with Crippen LogP contribution in [0.15, 0.2) is 42.5 Å². The Hall–Kier alpha value is -2.54. The topological polar surface area (TPSA) is 95.0 Å². The predicted octanol–water partition coefficient (Wildman–Crippen LogP) is 2.45. The monoisotopic (exact) mass is 383 g/mol. The number of aryl methyl sites for hydroxylation is 1. The zero-order valence-electron chi connectivity index (χ0n) is 16.2. The number of likely N-dealkylation sites (tertiary alicyclic amines) is 1. The summed E-state index contributed by atoms with van der Waals surface area (Å²) >= 11 is 0. The Kier molecular flexibility index (Phi) is 7.72. The maximum atomic E-state index is 12.2. The van der Waals surface area contributed by atoms with Gasteiger partial charge in [0.05, 0.1) is 12.1 Å². The van der Waals surface area contributed by atoms with Gasteiger partial charge in [-0.15, -0.1) is 5.10 Å². The Morgan fingerprint density at radius 3 is 2.82 bits per heavy atom. The van der Waals surface area contributed by atoms with Crippen molar-refractivity contribution in [1.29, 1.82) is 0 Å². The van der Waals surface area contributed by atoms with Crippen LogP contribution in [-0.2, 0) is 17.6 Å². The molecule has 1 aromatic heterocycles. The molecule has 1 amide bonds. The molecule has 0 aliphatic carbocycles. The molecule has 7 heteroatoms. The van der Waals surface area contributed by atoms with E-state index in [0.717, 1.165) is 56.5 Å². The van der Waals surface area contributed by atoms with Gasteiger partial charge in [-0.05, 0) is 35.3 Å². The third-order valence-electron chi connectivity index (χ3n) is 5.17. The molecule has 0 bridgehead atoms. The summed E-state index contributed by atoms with van der Waals surface area (Å²) in [7, 11) is 0. The number of tetrazole rings is 1. The van der Waals surface area contributed by atoms with E-state index in [-0.39, 0.29) is 11.9 Å². The van der Waals surface area contributed by atoms with Crippen molar-refractivity contribution >= 4 is 5.91 Å². The van der Waals surface area contributed by atoms with E-state index in [4.69, 9.17) is 0 Å². The molecule has 150 valence electrons. The fraction of sp³-hybridized carbons (Fsp3) is 0.524. The van der Waals surface area contributed by atoms with E-state index in [2.05, 4.69) is 20.6 Å². The molecule has 0 spiro atoms. The van der Waals surface area contributed by atoms with Gasteiger partial charge in [0.15, 0.2) is 0 Å². The average Bonchev–Trinajstić information content (AvgIpc) is 3.34. The first-order valence-electron chi connectivity index (χ1n) is 10.1. The lowest BCUT2D eigenvalue weighted by molar-refractivity contribution is -0.128. The summed E-state index contributed by atoms with van der Waals surface area (Å²) in [6.07, 6.45) is 10.4. The van der Waals surface area contributed by atoms with Crippen molar-refractivity contribution in [1.82, 2.24) is 25.5 Å². The minimum atomic E-state index is -0.523. The normalized spacial score (nSPS) is 18.2. The van der Waals surface area contributed by atoms with Crippen LogP contribution in [0.1, 0.15) is 49.9 Å². The lowest BCUT2D eigenvalue weighted by Gasteiger charge is -2.22. The first-order chi connectivity index (χ1) is 13.7. The number of carbonyl (C=O) groups is 1. The van der Waals surface area contributed by atoms with E-state index in [1.54, 1.807) is 0 Å². The van der Waals surface area contributed by atoms with Crippen LogP contribution in [0.4, 0.5) is 0 Å². The number of rotatable bonds is 11. The van der Waals surface area contributed by atoms with Gasteiger partial charge in [0.1, 0.15) is 5.82 Å². The van der Waals surface area contributed by atoms with Gasteiger partial charge in [-0.3, -0.25) is 4.79 Å². The van der Waals surface area contributed by atoms with Crippen LogP contribution in [0.3, 0.4) is 0 Å². The summed E-state index contributed by atoms with van der Waals surface area (Å²) in [5.41, 5.74) is 1.11. The lowest BCUT2D eigenvalue weighted by Crippen LogP contribution is -2.32. The number of nitrogens with zero attached hydrogens (tertiary/aromatic N) is 4. The summed E-state index contributed by atoms with van der Waals surface area (Å²) in [6.45, 7) is 0.784. The Morgan fingerprint density at radius 1 is 1.21 bits per heavy atom. The van der Waals surface area contributed by atoms with Gasteiger partial charge in [-0.1, -0.05) is 55.3 Å². The maximum Gasteiger partial charge on any atom is 0.223 e. The highest BCUT2D eigenvalue weighted by molar-refractivity contribution is 5.79. The molecule has 3 rings (SSSR count). The molecule has 2 heterocycles. The highest BCUT2D eigenvalue weighted by Gasteiger charge is 2.28. The van der Waals surface area contributed by atoms with E-state index < -0.39 is 6.10 Å². The number of aliphatic hydroxyl groups excluding tert-OH is 1.